The molecule has 3 nitrogen and oxygen atoms in total. The Bertz CT molecular complexity index is 3130. The van der Waals surface area contributed by atoms with Gasteiger partial charge in [-0.3, -0.25) is 0 Å². The van der Waals surface area contributed by atoms with Crippen LogP contribution in [0.15, 0.2) is 115 Å². The maximum atomic E-state index is 2.95. The van der Waals surface area contributed by atoms with Crippen molar-refractivity contribution in [3.05, 3.63) is 143 Å². The molecule has 63 heavy (non-hydrogen) atoms. The summed E-state index contributed by atoms with van der Waals surface area (Å²) in [5.74, 6) is 0. The fraction of sp³-hybridized carbons (Fsp3) is 0.390. The summed E-state index contributed by atoms with van der Waals surface area (Å²) in [6.07, 6.45) is 9.72. The van der Waals surface area contributed by atoms with Gasteiger partial charge < -0.3 is 14.4 Å². The van der Waals surface area contributed by atoms with Crippen molar-refractivity contribution in [3.8, 4) is 5.69 Å². The third kappa shape index (κ3) is 4.49. The molecule has 5 heterocycles. The maximum Gasteiger partial charge on any atom is 0.252 e. The summed E-state index contributed by atoms with van der Waals surface area (Å²) >= 11 is 0. The summed E-state index contributed by atoms with van der Waals surface area (Å²) in [4.78, 5) is 5.83. The summed E-state index contributed by atoms with van der Waals surface area (Å²) < 4.78 is 2.70. The first-order chi connectivity index (χ1) is 30.1. The van der Waals surface area contributed by atoms with E-state index in [0.717, 1.165) is 12.8 Å². The molecule has 6 aromatic carbocycles. The van der Waals surface area contributed by atoms with Gasteiger partial charge in [-0.25, -0.2) is 0 Å². The van der Waals surface area contributed by atoms with Crippen LogP contribution in [0.4, 0.5) is 22.7 Å². The van der Waals surface area contributed by atoms with E-state index in [2.05, 4.69) is 192 Å². The highest BCUT2D eigenvalue weighted by Gasteiger charge is 2.64. The van der Waals surface area contributed by atoms with E-state index in [4.69, 9.17) is 0 Å². The number of para-hydroxylation sites is 2. The first kappa shape index (κ1) is 38.3. The molecule has 316 valence electrons. The van der Waals surface area contributed by atoms with E-state index in [0.29, 0.717) is 0 Å². The van der Waals surface area contributed by atoms with Crippen molar-refractivity contribution in [2.24, 2.45) is 0 Å². The molecule has 0 radical (unpaired) electrons. The van der Waals surface area contributed by atoms with E-state index < -0.39 is 0 Å². The summed E-state index contributed by atoms with van der Waals surface area (Å²) in [6, 6.07) is 46.4. The molecule has 2 aliphatic carbocycles. The third-order valence-corrected chi connectivity index (χ3v) is 18.3. The molecular formula is C59H62BN3. The quantitative estimate of drug-likeness (QED) is 0.161. The Labute approximate surface area is 375 Å². The van der Waals surface area contributed by atoms with Crippen molar-refractivity contribution < 1.29 is 0 Å². The lowest BCUT2D eigenvalue weighted by molar-refractivity contribution is 0.195. The van der Waals surface area contributed by atoms with Crippen molar-refractivity contribution in [2.45, 2.75) is 146 Å². The molecule has 13 rings (SSSR count). The number of anilines is 4. The number of fused-ring (bicyclic) bond motifs is 13. The predicted molar refractivity (Wildman–Crippen MR) is 268 cm³/mol. The first-order valence-corrected chi connectivity index (χ1v) is 24.3. The van der Waals surface area contributed by atoms with Crippen LogP contribution in [-0.4, -0.2) is 22.4 Å². The second-order valence-electron chi connectivity index (χ2n) is 23.4. The molecule has 6 aliphatic rings. The van der Waals surface area contributed by atoms with Gasteiger partial charge in [0, 0.05) is 55.6 Å². The van der Waals surface area contributed by atoms with Crippen molar-refractivity contribution in [1.29, 1.82) is 0 Å². The topological polar surface area (TPSA) is 11.4 Å². The van der Waals surface area contributed by atoms with Crippen molar-refractivity contribution >= 4 is 67.7 Å². The zero-order valence-electron chi connectivity index (χ0n) is 39.0. The lowest BCUT2D eigenvalue weighted by Crippen LogP contribution is -2.64. The summed E-state index contributed by atoms with van der Waals surface area (Å²) in [5, 5.41) is 2.71. The predicted octanol–water partition coefficient (Wildman–Crippen LogP) is 13.0. The maximum absolute atomic E-state index is 2.95. The minimum atomic E-state index is -0.180. The molecule has 0 bridgehead atoms. The fourth-order valence-electron chi connectivity index (χ4n) is 14.9. The Morgan fingerprint density at radius 1 is 0.524 bits per heavy atom. The van der Waals surface area contributed by atoms with Gasteiger partial charge in [0.25, 0.3) is 6.71 Å². The smallest absolute Gasteiger partial charge is 0.252 e. The molecule has 4 unspecified atom stereocenters. The molecule has 2 fully saturated rings. The van der Waals surface area contributed by atoms with Crippen LogP contribution in [0.2, 0.25) is 0 Å². The zero-order chi connectivity index (χ0) is 43.2. The molecule has 0 N–H and O–H groups in total. The molecule has 4 heteroatoms. The van der Waals surface area contributed by atoms with Crippen LogP contribution >= 0.6 is 0 Å². The van der Waals surface area contributed by atoms with Crippen molar-refractivity contribution in [2.75, 3.05) is 9.80 Å². The van der Waals surface area contributed by atoms with Gasteiger partial charge in [0.05, 0.1) is 16.6 Å². The fourth-order valence-corrected chi connectivity index (χ4v) is 14.9. The van der Waals surface area contributed by atoms with E-state index in [-0.39, 0.29) is 39.5 Å². The van der Waals surface area contributed by atoms with Gasteiger partial charge >= 0.3 is 0 Å². The van der Waals surface area contributed by atoms with Gasteiger partial charge in [-0.1, -0.05) is 165 Å². The molecule has 2 saturated carbocycles. The summed E-state index contributed by atoms with van der Waals surface area (Å²) in [5.41, 5.74) is 21.4. The van der Waals surface area contributed by atoms with Gasteiger partial charge in [0.2, 0.25) is 0 Å². The highest BCUT2D eigenvalue weighted by atomic mass is 15.3. The molecular weight excluding hydrogens is 761 g/mol. The Morgan fingerprint density at radius 2 is 1.19 bits per heavy atom. The second kappa shape index (κ2) is 12.1. The normalized spacial score (nSPS) is 26.5. The highest BCUT2D eigenvalue weighted by molar-refractivity contribution is 7.00. The summed E-state index contributed by atoms with van der Waals surface area (Å²) in [6.45, 7) is 22.5. The molecule has 0 saturated heterocycles. The largest absolute Gasteiger partial charge is 0.335 e. The van der Waals surface area contributed by atoms with Gasteiger partial charge in [0.15, 0.2) is 0 Å². The van der Waals surface area contributed by atoms with Crippen molar-refractivity contribution in [1.82, 2.24) is 4.57 Å². The van der Waals surface area contributed by atoms with Gasteiger partial charge in [0.1, 0.15) is 0 Å². The van der Waals surface area contributed by atoms with Gasteiger partial charge in [-0.15, -0.1) is 0 Å². The van der Waals surface area contributed by atoms with E-state index >= 15 is 0 Å². The van der Waals surface area contributed by atoms with E-state index in [1.165, 1.54) is 127 Å². The monoisotopic (exact) mass is 824 g/mol. The lowest BCUT2D eigenvalue weighted by Gasteiger charge is -2.54. The standard InChI is InChI=1S/C59H62BN3/c1-54(2,3)38-26-27-48-43(32-38)59(37-20-11-10-12-21-37)31-18-17-30-58(59,9)62(48)40-35-49-51-50(36-40)63-53-44(56(7)28-15-16-29-57(56,63)8)33-39(55(4,5)6)34-46(53)60(51)45-24-19-23-42-41-22-13-14-25-47(41)61(49)52(42)45/h10-14,19-27,32-36H,15-18,28-31H2,1-9H3. The number of aromatic nitrogens is 1. The molecule has 0 amide bonds. The van der Waals surface area contributed by atoms with E-state index in [1.807, 2.05) is 0 Å². The van der Waals surface area contributed by atoms with Crippen molar-refractivity contribution in [3.63, 3.8) is 0 Å². The van der Waals surface area contributed by atoms with E-state index in [1.54, 1.807) is 5.56 Å². The van der Waals surface area contributed by atoms with Crippen LogP contribution in [0.5, 0.6) is 0 Å². The summed E-state index contributed by atoms with van der Waals surface area (Å²) in [7, 11) is 0. The van der Waals surface area contributed by atoms with Crippen LogP contribution in [0.1, 0.15) is 141 Å². The number of nitrogens with zero attached hydrogens (tertiary/aromatic N) is 3. The van der Waals surface area contributed by atoms with Crippen LogP contribution in [0.3, 0.4) is 0 Å². The Balaban J connectivity index is 1.18. The molecule has 7 aromatic rings. The van der Waals surface area contributed by atoms with Gasteiger partial charge in [-0.2, -0.15) is 0 Å². The zero-order valence-corrected chi connectivity index (χ0v) is 39.0. The first-order valence-electron chi connectivity index (χ1n) is 24.3. The number of hydrogen-bond donors (Lipinski definition) is 0. The average Bonchev–Trinajstić information content (AvgIpc) is 3.81. The Hall–Kier alpha value is -5.22. The van der Waals surface area contributed by atoms with Crippen LogP contribution in [0, 0.1) is 0 Å². The van der Waals surface area contributed by atoms with Crippen LogP contribution in [-0.2, 0) is 21.7 Å². The second-order valence-corrected chi connectivity index (χ2v) is 23.4. The molecule has 0 spiro atoms. The minimum absolute atomic E-state index is 0.0274. The average molecular weight is 824 g/mol. The van der Waals surface area contributed by atoms with Gasteiger partial charge in [-0.05, 0) is 119 Å². The Kier molecular flexibility index (Phi) is 7.36. The minimum Gasteiger partial charge on any atom is -0.335 e. The number of hydrogen-bond acceptors (Lipinski definition) is 2. The highest BCUT2D eigenvalue weighted by Crippen LogP contribution is 2.66. The number of rotatable bonds is 2. The van der Waals surface area contributed by atoms with Crippen LogP contribution in [0.25, 0.3) is 27.5 Å². The van der Waals surface area contributed by atoms with E-state index in [9.17, 15) is 0 Å². The van der Waals surface area contributed by atoms with Crippen LogP contribution < -0.4 is 26.2 Å². The molecule has 4 aliphatic heterocycles. The number of benzene rings is 6. The lowest BCUT2D eigenvalue weighted by atomic mass is 9.33. The third-order valence-electron chi connectivity index (χ3n) is 18.3. The SMILES string of the molecule is CC(C)(C)c1cc2c3c(c1)C1(C)CCCCC1(C)N3c1cc(N3c4ccc(C(C)(C)C)cc4C4(c5ccccc5)CCCCC34C)cc3c1B2c1cccc2c4ccccc4n-3c12. The molecule has 4 atom stereocenters. The Morgan fingerprint density at radius 3 is 1.97 bits per heavy atom. The molecule has 1 aromatic heterocycles.